The number of carbonyl (C=O) groups is 1. The van der Waals surface area contributed by atoms with E-state index in [1.807, 2.05) is 72.7 Å². The van der Waals surface area contributed by atoms with Crippen molar-refractivity contribution >= 4 is 25.0 Å². The molecule has 0 atom stereocenters. The molecule has 1 aromatic rings. The van der Waals surface area contributed by atoms with E-state index in [2.05, 4.69) is 4.90 Å². The molecule has 8 heteroatoms. The van der Waals surface area contributed by atoms with Crippen LogP contribution in [0.2, 0.25) is 0 Å². The van der Waals surface area contributed by atoms with Crippen LogP contribution in [0.1, 0.15) is 54.0 Å². The van der Waals surface area contributed by atoms with Crippen molar-refractivity contribution in [1.82, 2.24) is 4.90 Å². The molecular weight excluding hydrogens is 398 g/mol. The van der Waals surface area contributed by atoms with Gasteiger partial charge in [0.25, 0.3) is 0 Å². The number of piperazine rings is 1. The summed E-state index contributed by atoms with van der Waals surface area (Å²) in [4.78, 5) is 16.2. The molecule has 0 N–H and O–H groups in total. The Morgan fingerprint density at radius 1 is 1.03 bits per heavy atom. The first kappa shape index (κ1) is 23.6. The lowest BCUT2D eigenvalue weighted by molar-refractivity contribution is 0.00578. The molecule has 3 rings (SSSR count). The largest absolute Gasteiger partial charge is 0.525 e. The third-order valence-corrected chi connectivity index (χ3v) is 5.97. The maximum Gasteiger partial charge on any atom is 0.525 e. The zero-order chi connectivity index (χ0) is 23.0. The molecule has 2 aliphatic heterocycles. The molecule has 170 valence electrons. The molecule has 31 heavy (non-hydrogen) atoms. The molecule has 0 aromatic heterocycles. The lowest BCUT2D eigenvalue weighted by Crippen LogP contribution is -2.50. The molecule has 6 nitrogen and oxygen atoms in total. The minimum atomic E-state index is -0.995. The van der Waals surface area contributed by atoms with E-state index in [9.17, 15) is 9.18 Å². The Morgan fingerprint density at radius 3 is 2.03 bits per heavy atom. The van der Waals surface area contributed by atoms with Crippen LogP contribution < -0.4 is 4.90 Å². The number of hydrogen-bond donors (Lipinski definition) is 0. The van der Waals surface area contributed by atoms with Crippen molar-refractivity contribution in [1.29, 1.82) is 0 Å². The lowest BCUT2D eigenvalue weighted by atomic mass is 9.87. The number of nitrogens with zero attached hydrogens (tertiary/aromatic N) is 2. The zero-order valence-electron chi connectivity index (χ0n) is 19.7. The second-order valence-corrected chi connectivity index (χ2v) is 10.2. The summed E-state index contributed by atoms with van der Waals surface area (Å²) < 4.78 is 31.7. The second kappa shape index (κ2) is 8.47. The fourth-order valence-corrected chi connectivity index (χ4v) is 3.44. The molecule has 1 amide bonds. The Hall–Kier alpha value is -2.06. The summed E-state index contributed by atoms with van der Waals surface area (Å²) in [6.45, 7) is 15.9. The lowest BCUT2D eigenvalue weighted by Gasteiger charge is -2.36. The Morgan fingerprint density at radius 2 is 1.55 bits per heavy atom. The van der Waals surface area contributed by atoms with E-state index in [1.165, 1.54) is 6.08 Å². The molecule has 2 aliphatic rings. The Kier molecular flexibility index (Phi) is 6.45. The summed E-state index contributed by atoms with van der Waals surface area (Å²) in [5.41, 5.74) is -0.312. The van der Waals surface area contributed by atoms with Gasteiger partial charge >= 0.3 is 13.2 Å². The first-order valence-corrected chi connectivity index (χ1v) is 10.8. The molecule has 0 aliphatic carbocycles. The molecule has 0 unspecified atom stereocenters. The summed E-state index contributed by atoms with van der Waals surface area (Å²) in [5.74, 6) is 0. The summed E-state index contributed by atoms with van der Waals surface area (Å²) in [6, 6.07) is 7.68. The van der Waals surface area contributed by atoms with E-state index < -0.39 is 29.6 Å². The van der Waals surface area contributed by atoms with Gasteiger partial charge in [-0.3, -0.25) is 0 Å². The van der Waals surface area contributed by atoms with Crippen molar-refractivity contribution in [3.63, 3.8) is 0 Å². The van der Waals surface area contributed by atoms with Crippen LogP contribution in [0.15, 0.2) is 30.0 Å². The van der Waals surface area contributed by atoms with Crippen LogP contribution in [0.25, 0.3) is 6.08 Å². The van der Waals surface area contributed by atoms with Gasteiger partial charge in [-0.25, -0.2) is 9.18 Å². The predicted molar refractivity (Wildman–Crippen MR) is 122 cm³/mol. The van der Waals surface area contributed by atoms with Gasteiger partial charge in [0.05, 0.1) is 11.2 Å². The topological polar surface area (TPSA) is 51.2 Å². The van der Waals surface area contributed by atoms with Crippen molar-refractivity contribution in [3.8, 4) is 0 Å². The highest BCUT2D eigenvalue weighted by atomic mass is 19.1. The molecule has 0 spiro atoms. The number of hydrogen-bond acceptors (Lipinski definition) is 5. The number of amides is 1. The molecule has 2 saturated heterocycles. The number of halogens is 1. The van der Waals surface area contributed by atoms with Gasteiger partial charge in [-0.05, 0) is 72.2 Å². The highest BCUT2D eigenvalue weighted by Gasteiger charge is 2.53. The summed E-state index contributed by atoms with van der Waals surface area (Å²) in [7, 11) is -0.995. The SMILES string of the molecule is CC(C)(C)OC(=O)N1CCN(c2ccc(C=C(F)B3OC(C)(C)C(C)(C)O3)cc2)CC1. The summed E-state index contributed by atoms with van der Waals surface area (Å²) in [5, 5.41) is 0. The van der Waals surface area contributed by atoms with Crippen LogP contribution in [0.5, 0.6) is 0 Å². The van der Waals surface area contributed by atoms with E-state index in [0.29, 0.717) is 13.1 Å². The van der Waals surface area contributed by atoms with Gasteiger partial charge in [0.2, 0.25) is 0 Å². The van der Waals surface area contributed by atoms with Gasteiger partial charge in [0.1, 0.15) is 11.3 Å². The predicted octanol–water partition coefficient (Wildman–Crippen LogP) is 4.69. The van der Waals surface area contributed by atoms with Gasteiger partial charge in [-0.15, -0.1) is 0 Å². The number of benzene rings is 1. The van der Waals surface area contributed by atoms with E-state index in [0.717, 1.165) is 24.3 Å². The van der Waals surface area contributed by atoms with E-state index >= 15 is 0 Å². The normalized spacial score (nSPS) is 21.4. The molecule has 0 bridgehead atoms. The molecule has 0 saturated carbocycles. The van der Waals surface area contributed by atoms with Gasteiger partial charge in [0, 0.05) is 31.9 Å². The average Bonchev–Trinajstić information content (AvgIpc) is 2.89. The third-order valence-electron chi connectivity index (χ3n) is 5.97. The highest BCUT2D eigenvalue weighted by molar-refractivity contribution is 6.54. The minimum Gasteiger partial charge on any atom is -0.444 e. The Bertz CT molecular complexity index is 809. The van der Waals surface area contributed by atoms with Crippen LogP contribution in [-0.4, -0.2) is 61.1 Å². The first-order chi connectivity index (χ1) is 14.3. The van der Waals surface area contributed by atoms with Crippen LogP contribution in [0.3, 0.4) is 0 Å². The Balaban J connectivity index is 1.58. The number of carbonyl (C=O) groups excluding carboxylic acids is 1. The molecule has 2 heterocycles. The van der Waals surface area contributed by atoms with Crippen molar-refractivity contribution in [3.05, 3.63) is 35.6 Å². The quantitative estimate of drug-likeness (QED) is 0.649. The van der Waals surface area contributed by atoms with Gasteiger partial charge in [-0.2, -0.15) is 0 Å². The van der Waals surface area contributed by atoms with E-state index in [4.69, 9.17) is 14.0 Å². The number of rotatable bonds is 3. The summed E-state index contributed by atoms with van der Waals surface area (Å²) >= 11 is 0. The van der Waals surface area contributed by atoms with Crippen molar-refractivity contribution in [2.75, 3.05) is 31.1 Å². The van der Waals surface area contributed by atoms with Gasteiger partial charge in [0.15, 0.2) is 0 Å². The number of anilines is 1. The molecular formula is C23H34BFN2O4. The van der Waals surface area contributed by atoms with E-state index in [-0.39, 0.29) is 6.09 Å². The fourth-order valence-electron chi connectivity index (χ4n) is 3.44. The van der Waals surface area contributed by atoms with Gasteiger partial charge < -0.3 is 23.8 Å². The number of ether oxygens (including phenoxy) is 1. The van der Waals surface area contributed by atoms with Crippen LogP contribution in [0, 0.1) is 0 Å². The summed E-state index contributed by atoms with van der Waals surface area (Å²) in [6.07, 6.45) is 1.18. The van der Waals surface area contributed by atoms with Crippen LogP contribution in [0.4, 0.5) is 14.9 Å². The van der Waals surface area contributed by atoms with Crippen molar-refractivity contribution in [2.45, 2.75) is 65.3 Å². The maximum atomic E-state index is 14.7. The zero-order valence-corrected chi connectivity index (χ0v) is 19.7. The molecule has 2 fully saturated rings. The standard InChI is InChI=1S/C23H34BFN2O4/c1-21(2,3)29-20(28)27-14-12-26(13-15-27)18-10-8-17(9-11-18)16-19(25)24-30-22(4,5)23(6,7)31-24/h8-11,16H,12-15H2,1-7H3. The van der Waals surface area contributed by atoms with E-state index in [1.54, 1.807) is 4.90 Å². The first-order valence-electron chi connectivity index (χ1n) is 10.8. The minimum absolute atomic E-state index is 0.272. The third kappa shape index (κ3) is 5.60. The smallest absolute Gasteiger partial charge is 0.444 e. The maximum absolute atomic E-state index is 14.7. The van der Waals surface area contributed by atoms with Gasteiger partial charge in [-0.1, -0.05) is 12.1 Å². The molecule has 1 aromatic carbocycles. The highest BCUT2D eigenvalue weighted by Crippen LogP contribution is 2.39. The molecule has 0 radical (unpaired) electrons. The Labute approximate surface area is 185 Å². The fraction of sp³-hybridized carbons (Fsp3) is 0.609. The van der Waals surface area contributed by atoms with Crippen molar-refractivity contribution in [2.24, 2.45) is 0 Å². The monoisotopic (exact) mass is 432 g/mol. The van der Waals surface area contributed by atoms with Crippen LogP contribution in [-0.2, 0) is 14.0 Å². The van der Waals surface area contributed by atoms with Crippen molar-refractivity contribution < 1.29 is 23.2 Å². The second-order valence-electron chi connectivity index (χ2n) is 10.2. The van der Waals surface area contributed by atoms with Crippen LogP contribution >= 0.6 is 0 Å². The average molecular weight is 432 g/mol.